The summed E-state index contributed by atoms with van der Waals surface area (Å²) in [4.78, 5) is 13.4. The molecule has 0 saturated heterocycles. The molecule has 0 aromatic heterocycles. The lowest BCUT2D eigenvalue weighted by Crippen LogP contribution is -2.38. The van der Waals surface area contributed by atoms with Crippen molar-refractivity contribution < 1.29 is 27.8 Å². The van der Waals surface area contributed by atoms with Crippen molar-refractivity contribution in [3.8, 4) is 5.75 Å². The third-order valence-corrected chi connectivity index (χ3v) is 3.82. The molecule has 2 N–H and O–H groups in total. The molecule has 8 heteroatoms. The van der Waals surface area contributed by atoms with Crippen LogP contribution >= 0.6 is 0 Å². The Bertz CT molecular complexity index is 588. The van der Waals surface area contributed by atoms with Crippen molar-refractivity contribution in [3.05, 3.63) is 23.8 Å². The third-order valence-electron chi connectivity index (χ3n) is 3.82. The number of aliphatic hydroxyl groups is 1. The van der Waals surface area contributed by atoms with E-state index in [1.54, 1.807) is 6.92 Å². The van der Waals surface area contributed by atoms with Gasteiger partial charge in [0.25, 0.3) is 0 Å². The number of urea groups is 1. The van der Waals surface area contributed by atoms with Gasteiger partial charge in [-0.3, -0.25) is 0 Å². The van der Waals surface area contributed by atoms with E-state index in [1.165, 1.54) is 18.0 Å². The van der Waals surface area contributed by atoms with Crippen LogP contribution in [0.2, 0.25) is 0 Å². The van der Waals surface area contributed by atoms with Crippen LogP contribution in [0.15, 0.2) is 18.2 Å². The van der Waals surface area contributed by atoms with Gasteiger partial charge in [0, 0.05) is 13.6 Å². The number of anilines is 1. The molecule has 0 radical (unpaired) electrons. The van der Waals surface area contributed by atoms with Crippen LogP contribution in [0.5, 0.6) is 5.75 Å². The van der Waals surface area contributed by atoms with Crippen molar-refractivity contribution in [3.63, 3.8) is 0 Å². The molecule has 1 atom stereocenters. The van der Waals surface area contributed by atoms with Crippen molar-refractivity contribution >= 4 is 11.7 Å². The topological polar surface area (TPSA) is 61.8 Å². The predicted molar refractivity (Wildman–Crippen MR) is 83.0 cm³/mol. The minimum absolute atomic E-state index is 0.0514. The first-order chi connectivity index (χ1) is 11.2. The smallest absolute Gasteiger partial charge is 0.416 e. The number of amides is 2. The number of hydrogen-bond acceptors (Lipinski definition) is 3. The number of hydrogen-bond donors (Lipinski definition) is 2. The van der Waals surface area contributed by atoms with Crippen LogP contribution in [0.1, 0.15) is 25.3 Å². The van der Waals surface area contributed by atoms with Crippen LogP contribution < -0.4 is 10.1 Å². The summed E-state index contributed by atoms with van der Waals surface area (Å²) in [7, 11) is 1.48. The molecule has 1 fully saturated rings. The summed E-state index contributed by atoms with van der Waals surface area (Å²) < 4.78 is 43.8. The molecule has 5 nitrogen and oxygen atoms in total. The quantitative estimate of drug-likeness (QED) is 0.830. The molecule has 2 amide bonds. The van der Waals surface area contributed by atoms with Crippen LogP contribution in [0.25, 0.3) is 0 Å². The Hall–Kier alpha value is -1.96. The van der Waals surface area contributed by atoms with Gasteiger partial charge in [-0.1, -0.05) is 0 Å². The average molecular weight is 346 g/mol. The minimum Gasteiger partial charge on any atom is -0.492 e. The lowest BCUT2D eigenvalue weighted by Gasteiger charge is -2.22. The number of ether oxygens (including phenoxy) is 1. The van der Waals surface area contributed by atoms with E-state index in [2.05, 4.69) is 5.32 Å². The first kappa shape index (κ1) is 18.4. The molecule has 0 aliphatic heterocycles. The number of carbonyl (C=O) groups is 1. The Labute approximate surface area is 138 Å². The second-order valence-corrected chi connectivity index (χ2v) is 5.86. The molecule has 1 saturated carbocycles. The SMILES string of the molecule is CCOc1ccc(C(F)(F)F)cc1NC(=O)N(C)CC(O)C1CC1. The molecule has 2 rings (SSSR count). The number of likely N-dealkylation sites (N-methyl/N-ethyl adjacent to an activating group) is 1. The van der Waals surface area contributed by atoms with Crippen molar-refractivity contribution in [1.29, 1.82) is 0 Å². The molecule has 1 aromatic rings. The summed E-state index contributed by atoms with van der Waals surface area (Å²) in [6.07, 6.45) is -3.27. The Morgan fingerprint density at radius 3 is 2.67 bits per heavy atom. The van der Waals surface area contributed by atoms with Gasteiger partial charge in [0.2, 0.25) is 0 Å². The highest BCUT2D eigenvalue weighted by atomic mass is 19.4. The summed E-state index contributed by atoms with van der Waals surface area (Å²) in [5, 5.41) is 12.3. The van der Waals surface area contributed by atoms with Gasteiger partial charge in [-0.05, 0) is 43.9 Å². The van der Waals surface area contributed by atoms with Gasteiger partial charge >= 0.3 is 12.2 Å². The minimum atomic E-state index is -4.52. The van der Waals surface area contributed by atoms with Gasteiger partial charge in [-0.2, -0.15) is 13.2 Å². The number of halogens is 3. The monoisotopic (exact) mass is 346 g/mol. The van der Waals surface area contributed by atoms with Gasteiger partial charge in [0.05, 0.1) is 24.0 Å². The third kappa shape index (κ3) is 4.77. The van der Waals surface area contributed by atoms with E-state index < -0.39 is 23.9 Å². The van der Waals surface area contributed by atoms with E-state index >= 15 is 0 Å². The Balaban J connectivity index is 2.11. The van der Waals surface area contributed by atoms with Gasteiger partial charge < -0.3 is 20.1 Å². The van der Waals surface area contributed by atoms with Crippen LogP contribution in [0.3, 0.4) is 0 Å². The number of nitrogens with zero attached hydrogens (tertiary/aromatic N) is 1. The van der Waals surface area contributed by atoms with Crippen LogP contribution in [0, 0.1) is 5.92 Å². The van der Waals surface area contributed by atoms with Gasteiger partial charge in [-0.25, -0.2) is 4.79 Å². The highest BCUT2D eigenvalue weighted by Crippen LogP contribution is 2.35. The summed E-state index contributed by atoms with van der Waals surface area (Å²) >= 11 is 0. The van der Waals surface area contributed by atoms with E-state index in [0.717, 1.165) is 25.0 Å². The molecule has 134 valence electrons. The second-order valence-electron chi connectivity index (χ2n) is 5.86. The summed E-state index contributed by atoms with van der Waals surface area (Å²) in [6, 6.07) is 2.32. The summed E-state index contributed by atoms with van der Waals surface area (Å²) in [5.74, 6) is 0.364. The number of alkyl halides is 3. The normalized spacial score (nSPS) is 15.8. The molecule has 0 bridgehead atoms. The molecular formula is C16H21F3N2O3. The van der Waals surface area contributed by atoms with E-state index in [4.69, 9.17) is 4.74 Å². The average Bonchev–Trinajstić information content (AvgIpc) is 3.32. The number of nitrogens with one attached hydrogen (secondary N) is 1. The fraction of sp³-hybridized carbons (Fsp3) is 0.562. The fourth-order valence-electron chi connectivity index (χ4n) is 2.29. The Kier molecular flexibility index (Phi) is 5.58. The number of rotatable bonds is 6. The Morgan fingerprint density at radius 2 is 2.12 bits per heavy atom. The van der Waals surface area contributed by atoms with Crippen molar-refractivity contribution in [1.82, 2.24) is 4.90 Å². The molecule has 1 unspecified atom stereocenters. The first-order valence-corrected chi connectivity index (χ1v) is 7.76. The van der Waals surface area contributed by atoms with Crippen LogP contribution in [-0.2, 0) is 6.18 Å². The molecular weight excluding hydrogens is 325 g/mol. The standard InChI is InChI=1S/C16H21F3N2O3/c1-3-24-14-7-6-11(16(17,18)19)8-12(14)20-15(23)21(2)9-13(22)10-4-5-10/h6-8,10,13,22H,3-5,9H2,1-2H3,(H,20,23). The van der Waals surface area contributed by atoms with Gasteiger partial charge in [0.1, 0.15) is 5.75 Å². The lowest BCUT2D eigenvalue weighted by atomic mass is 10.1. The van der Waals surface area contributed by atoms with E-state index in [1.807, 2.05) is 0 Å². The fourth-order valence-corrected chi connectivity index (χ4v) is 2.29. The predicted octanol–water partition coefficient (Wildman–Crippen LogP) is 3.34. The van der Waals surface area contributed by atoms with Crippen molar-refractivity contribution in [2.24, 2.45) is 5.92 Å². The molecule has 24 heavy (non-hydrogen) atoms. The van der Waals surface area contributed by atoms with E-state index in [-0.39, 0.29) is 30.5 Å². The molecule has 1 aromatic carbocycles. The number of aliphatic hydroxyl groups excluding tert-OH is 1. The Morgan fingerprint density at radius 1 is 1.46 bits per heavy atom. The summed E-state index contributed by atoms with van der Waals surface area (Å²) in [5.41, 5.74) is -0.925. The molecule has 1 aliphatic carbocycles. The van der Waals surface area contributed by atoms with Gasteiger partial charge in [-0.15, -0.1) is 0 Å². The zero-order valence-corrected chi connectivity index (χ0v) is 13.6. The van der Waals surface area contributed by atoms with E-state index in [0.29, 0.717) is 0 Å². The van der Waals surface area contributed by atoms with Crippen molar-refractivity contribution in [2.45, 2.75) is 32.0 Å². The van der Waals surface area contributed by atoms with E-state index in [9.17, 15) is 23.1 Å². The molecule has 0 heterocycles. The maximum Gasteiger partial charge on any atom is 0.416 e. The number of benzene rings is 1. The highest BCUT2D eigenvalue weighted by Gasteiger charge is 2.33. The highest BCUT2D eigenvalue weighted by molar-refractivity contribution is 5.91. The van der Waals surface area contributed by atoms with Gasteiger partial charge in [0.15, 0.2) is 0 Å². The maximum absolute atomic E-state index is 12.9. The van der Waals surface area contributed by atoms with Crippen LogP contribution in [0.4, 0.5) is 23.7 Å². The van der Waals surface area contributed by atoms with Crippen LogP contribution in [-0.4, -0.2) is 42.3 Å². The summed E-state index contributed by atoms with van der Waals surface area (Å²) in [6.45, 7) is 2.07. The number of carbonyl (C=O) groups excluding carboxylic acids is 1. The second kappa shape index (κ2) is 7.29. The zero-order chi connectivity index (χ0) is 17.9. The molecule has 0 spiro atoms. The first-order valence-electron chi connectivity index (χ1n) is 7.76. The largest absolute Gasteiger partial charge is 0.492 e. The zero-order valence-electron chi connectivity index (χ0n) is 13.6. The van der Waals surface area contributed by atoms with Crippen molar-refractivity contribution in [2.75, 3.05) is 25.5 Å². The molecule has 1 aliphatic rings. The lowest BCUT2D eigenvalue weighted by molar-refractivity contribution is -0.137. The maximum atomic E-state index is 12.9.